The van der Waals surface area contributed by atoms with E-state index in [4.69, 9.17) is 0 Å². The van der Waals surface area contributed by atoms with Crippen molar-refractivity contribution in [3.05, 3.63) is 0 Å². The average molecular weight is 196 g/mol. The van der Waals surface area contributed by atoms with Gasteiger partial charge in [-0.3, -0.25) is 4.79 Å². The lowest BCUT2D eigenvalue weighted by Gasteiger charge is -2.48. The fourth-order valence-corrected chi connectivity index (χ4v) is 3.82. The molecule has 3 rings (SSSR count). The van der Waals surface area contributed by atoms with Crippen molar-refractivity contribution >= 4 is 5.97 Å². The van der Waals surface area contributed by atoms with Gasteiger partial charge in [0, 0.05) is 0 Å². The predicted octanol–water partition coefficient (Wildman–Crippen LogP) is 2.78. The van der Waals surface area contributed by atoms with Gasteiger partial charge in [0.1, 0.15) is 0 Å². The van der Waals surface area contributed by atoms with Gasteiger partial charge in [-0.1, -0.05) is 13.8 Å². The summed E-state index contributed by atoms with van der Waals surface area (Å²) in [5, 5.41) is 9.28. The van der Waals surface area contributed by atoms with E-state index in [2.05, 4.69) is 13.8 Å². The number of hydrogen-bond acceptors (Lipinski definition) is 1. The molecule has 3 aliphatic carbocycles. The zero-order valence-corrected chi connectivity index (χ0v) is 9.07. The van der Waals surface area contributed by atoms with Crippen molar-refractivity contribution in [2.75, 3.05) is 0 Å². The summed E-state index contributed by atoms with van der Waals surface area (Å²) in [5.41, 5.74) is 0. The maximum absolute atomic E-state index is 11.3. The topological polar surface area (TPSA) is 37.3 Å². The summed E-state index contributed by atoms with van der Waals surface area (Å²) in [6.07, 6.45) is 4.87. The Balaban J connectivity index is 2.22. The molecule has 3 fully saturated rings. The summed E-state index contributed by atoms with van der Waals surface area (Å²) in [7, 11) is 0. The monoisotopic (exact) mass is 196 g/mol. The van der Waals surface area contributed by atoms with E-state index < -0.39 is 5.97 Å². The van der Waals surface area contributed by atoms with Gasteiger partial charge in [-0.2, -0.15) is 0 Å². The van der Waals surface area contributed by atoms with E-state index in [1.807, 2.05) is 0 Å². The van der Waals surface area contributed by atoms with Crippen molar-refractivity contribution in [1.29, 1.82) is 0 Å². The fourth-order valence-electron chi connectivity index (χ4n) is 3.82. The van der Waals surface area contributed by atoms with E-state index >= 15 is 0 Å². The molecular formula is C12H20O2. The van der Waals surface area contributed by atoms with Crippen LogP contribution in [0.1, 0.15) is 39.5 Å². The number of hydrogen-bond donors (Lipinski definition) is 1. The molecular weight excluding hydrogens is 176 g/mol. The molecule has 14 heavy (non-hydrogen) atoms. The molecule has 0 heterocycles. The van der Waals surface area contributed by atoms with Crippen molar-refractivity contribution in [3.8, 4) is 0 Å². The minimum Gasteiger partial charge on any atom is -0.481 e. The third-order valence-electron chi connectivity index (χ3n) is 4.34. The summed E-state index contributed by atoms with van der Waals surface area (Å²) in [6, 6.07) is 0. The summed E-state index contributed by atoms with van der Waals surface area (Å²) in [5.74, 6) is 1.57. The van der Waals surface area contributed by atoms with Gasteiger partial charge in [-0.05, 0) is 49.4 Å². The second-order valence-electron chi connectivity index (χ2n) is 5.36. The van der Waals surface area contributed by atoms with Crippen LogP contribution in [0.2, 0.25) is 0 Å². The first-order chi connectivity index (χ1) is 6.61. The van der Waals surface area contributed by atoms with Gasteiger partial charge in [-0.25, -0.2) is 0 Å². The van der Waals surface area contributed by atoms with Crippen LogP contribution >= 0.6 is 0 Å². The van der Waals surface area contributed by atoms with E-state index in [0.29, 0.717) is 23.7 Å². The zero-order valence-electron chi connectivity index (χ0n) is 9.07. The van der Waals surface area contributed by atoms with Crippen LogP contribution in [0.5, 0.6) is 0 Å². The molecule has 2 heteroatoms. The van der Waals surface area contributed by atoms with Gasteiger partial charge in [0.05, 0.1) is 5.92 Å². The van der Waals surface area contributed by atoms with Crippen LogP contribution in [0, 0.1) is 29.6 Å². The highest BCUT2D eigenvalue weighted by Crippen LogP contribution is 2.51. The molecule has 0 saturated heterocycles. The molecule has 0 amide bonds. The van der Waals surface area contributed by atoms with Gasteiger partial charge < -0.3 is 5.11 Å². The Morgan fingerprint density at radius 1 is 1.14 bits per heavy atom. The van der Waals surface area contributed by atoms with E-state index in [-0.39, 0.29) is 5.92 Å². The summed E-state index contributed by atoms with van der Waals surface area (Å²) >= 11 is 0. The van der Waals surface area contributed by atoms with Crippen molar-refractivity contribution in [2.24, 2.45) is 29.6 Å². The quantitative estimate of drug-likeness (QED) is 0.737. The Labute approximate surface area is 85.7 Å². The van der Waals surface area contributed by atoms with Gasteiger partial charge >= 0.3 is 5.97 Å². The molecule has 0 aromatic heterocycles. The smallest absolute Gasteiger partial charge is 0.307 e. The minimum absolute atomic E-state index is 0.0394. The minimum atomic E-state index is -0.543. The number of carboxylic acids is 1. The first-order valence-electron chi connectivity index (χ1n) is 5.84. The molecule has 0 aromatic carbocycles. The summed E-state index contributed by atoms with van der Waals surface area (Å²) in [4.78, 5) is 11.3. The van der Waals surface area contributed by atoms with E-state index in [1.165, 1.54) is 12.8 Å². The highest BCUT2D eigenvalue weighted by Gasteiger charge is 2.47. The second-order valence-corrected chi connectivity index (χ2v) is 5.36. The molecule has 0 aliphatic heterocycles. The standard InChI is InChI=1S/C12H20O2/c1-7(2)10-8-3-5-9(6-4-8)11(10)12(13)14/h7-11H,3-6H2,1-2H3,(H,13,14). The fraction of sp³-hybridized carbons (Fsp3) is 0.917. The first-order valence-corrected chi connectivity index (χ1v) is 5.84. The van der Waals surface area contributed by atoms with Crippen molar-refractivity contribution in [2.45, 2.75) is 39.5 Å². The number of rotatable bonds is 2. The SMILES string of the molecule is CC(C)C1C2CCC(CC2)C1C(=O)O. The van der Waals surface area contributed by atoms with Gasteiger partial charge in [0.2, 0.25) is 0 Å². The molecule has 3 saturated carbocycles. The number of aliphatic carboxylic acids is 1. The maximum atomic E-state index is 11.3. The van der Waals surface area contributed by atoms with Crippen molar-refractivity contribution in [3.63, 3.8) is 0 Å². The molecule has 0 spiro atoms. The normalized spacial score (nSPS) is 41.6. The number of fused-ring (bicyclic) bond motifs is 3. The van der Waals surface area contributed by atoms with Gasteiger partial charge in [-0.15, -0.1) is 0 Å². The van der Waals surface area contributed by atoms with Crippen molar-refractivity contribution in [1.82, 2.24) is 0 Å². The third-order valence-corrected chi connectivity index (χ3v) is 4.34. The first kappa shape index (κ1) is 10.0. The van der Waals surface area contributed by atoms with Crippen LogP contribution in [0.3, 0.4) is 0 Å². The number of carbonyl (C=O) groups is 1. The lowest BCUT2D eigenvalue weighted by molar-refractivity contribution is -0.154. The lowest BCUT2D eigenvalue weighted by Crippen LogP contribution is -2.46. The Hall–Kier alpha value is -0.530. The predicted molar refractivity (Wildman–Crippen MR) is 54.9 cm³/mol. The Bertz CT molecular complexity index is 226. The second kappa shape index (κ2) is 3.56. The van der Waals surface area contributed by atoms with E-state index in [0.717, 1.165) is 12.8 Å². The molecule has 1 N–H and O–H groups in total. The van der Waals surface area contributed by atoms with Crippen LogP contribution in [0.15, 0.2) is 0 Å². The maximum Gasteiger partial charge on any atom is 0.307 e. The molecule has 2 bridgehead atoms. The molecule has 3 aliphatic rings. The van der Waals surface area contributed by atoms with Crippen LogP contribution in [-0.4, -0.2) is 11.1 Å². The highest BCUT2D eigenvalue weighted by atomic mass is 16.4. The summed E-state index contributed by atoms with van der Waals surface area (Å²) < 4.78 is 0. The largest absolute Gasteiger partial charge is 0.481 e. The van der Waals surface area contributed by atoms with E-state index in [1.54, 1.807) is 0 Å². The Morgan fingerprint density at radius 3 is 2.00 bits per heavy atom. The number of carboxylic acid groups (broad SMARTS) is 1. The van der Waals surface area contributed by atoms with Crippen LogP contribution in [0.25, 0.3) is 0 Å². The van der Waals surface area contributed by atoms with Crippen LogP contribution in [0.4, 0.5) is 0 Å². The highest BCUT2D eigenvalue weighted by molar-refractivity contribution is 5.71. The molecule has 2 unspecified atom stereocenters. The Kier molecular flexibility index (Phi) is 2.54. The van der Waals surface area contributed by atoms with Crippen LogP contribution < -0.4 is 0 Å². The molecule has 2 atom stereocenters. The van der Waals surface area contributed by atoms with E-state index in [9.17, 15) is 9.90 Å². The van der Waals surface area contributed by atoms with Gasteiger partial charge in [0.15, 0.2) is 0 Å². The third kappa shape index (κ3) is 1.45. The summed E-state index contributed by atoms with van der Waals surface area (Å²) in [6.45, 7) is 4.36. The van der Waals surface area contributed by atoms with Crippen molar-refractivity contribution < 1.29 is 9.90 Å². The average Bonchev–Trinajstić information content (AvgIpc) is 2.17. The lowest BCUT2D eigenvalue weighted by atomic mass is 9.56. The Morgan fingerprint density at radius 2 is 1.64 bits per heavy atom. The van der Waals surface area contributed by atoms with Crippen LogP contribution in [-0.2, 0) is 4.79 Å². The molecule has 2 nitrogen and oxygen atoms in total. The molecule has 80 valence electrons. The molecule has 0 aromatic rings. The van der Waals surface area contributed by atoms with Gasteiger partial charge in [0.25, 0.3) is 0 Å². The molecule has 0 radical (unpaired) electrons. The zero-order chi connectivity index (χ0) is 10.3.